The summed E-state index contributed by atoms with van der Waals surface area (Å²) in [6.45, 7) is 2.81. The summed E-state index contributed by atoms with van der Waals surface area (Å²) in [5.74, 6) is 0. The summed E-state index contributed by atoms with van der Waals surface area (Å²) in [5, 5.41) is 11.2. The van der Waals surface area contributed by atoms with Crippen molar-refractivity contribution in [1.82, 2.24) is 4.98 Å². The van der Waals surface area contributed by atoms with Gasteiger partial charge in [-0.15, -0.1) is 0 Å². The third-order valence-corrected chi connectivity index (χ3v) is 6.02. The number of rotatable bonds is 6. The molecule has 2 atom stereocenters. The number of pyridine rings is 1. The van der Waals surface area contributed by atoms with Crippen LogP contribution < -0.4 is 4.31 Å². The van der Waals surface area contributed by atoms with Crippen LogP contribution in [0.3, 0.4) is 0 Å². The molecule has 0 saturated heterocycles. The minimum Gasteiger partial charge on any atom is -0.590 e. The van der Waals surface area contributed by atoms with Crippen LogP contribution in [0.1, 0.15) is 37.4 Å². The highest BCUT2D eigenvalue weighted by Crippen LogP contribution is 2.47. The third kappa shape index (κ3) is 3.09. The second-order valence-electron chi connectivity index (χ2n) is 5.83. The monoisotopic (exact) mass is 330 g/mol. The number of nitrogens with zero attached hydrogens (tertiary/aromatic N) is 2. The van der Waals surface area contributed by atoms with Gasteiger partial charge in [0.2, 0.25) is 0 Å². The van der Waals surface area contributed by atoms with Crippen LogP contribution in [0.25, 0.3) is 0 Å². The lowest BCUT2D eigenvalue weighted by Crippen LogP contribution is -2.40. The van der Waals surface area contributed by atoms with Gasteiger partial charge < -0.3 is 9.66 Å². The molecule has 5 heteroatoms. The lowest BCUT2D eigenvalue weighted by Gasteiger charge is -2.27. The number of hydrogen-bond acceptors (Lipinski definition) is 4. The smallest absolute Gasteiger partial charge is 0.277 e. The molecule has 1 aliphatic heterocycles. The van der Waals surface area contributed by atoms with Crippen molar-refractivity contribution in [2.75, 3.05) is 10.8 Å². The highest BCUT2D eigenvalue weighted by atomic mass is 32.2. The molecule has 0 amide bonds. The average Bonchev–Trinajstić information content (AvgIpc) is 2.81. The molecule has 2 aromatic rings. The zero-order valence-corrected chi connectivity index (χ0v) is 14.1. The van der Waals surface area contributed by atoms with E-state index in [4.69, 9.17) is 0 Å². The summed E-state index contributed by atoms with van der Waals surface area (Å²) in [6.07, 6.45) is 4.72. The van der Waals surface area contributed by atoms with Gasteiger partial charge in [0.05, 0.1) is 17.8 Å². The molecule has 1 N–H and O–H groups in total. The van der Waals surface area contributed by atoms with Gasteiger partial charge in [-0.25, -0.2) is 0 Å². The van der Waals surface area contributed by atoms with E-state index in [1.54, 1.807) is 6.20 Å². The predicted octanol–water partition coefficient (Wildman–Crippen LogP) is 3.14. The second kappa shape index (κ2) is 6.91. The first-order valence-corrected chi connectivity index (χ1v) is 9.19. The summed E-state index contributed by atoms with van der Waals surface area (Å²) in [6, 6.07) is 13.4. The number of aryl methyl sites for hydroxylation is 1. The number of aliphatic hydroxyl groups is 1. The summed E-state index contributed by atoms with van der Waals surface area (Å²) < 4.78 is 14.8. The molecular formula is C18H22N2O2S. The molecule has 1 aromatic carbocycles. The lowest BCUT2D eigenvalue weighted by molar-refractivity contribution is 0.118. The molecule has 122 valence electrons. The summed E-state index contributed by atoms with van der Waals surface area (Å²) in [5.41, 5.74) is 2.57. The summed E-state index contributed by atoms with van der Waals surface area (Å²) in [4.78, 5) is 2.97. The first-order valence-electron chi connectivity index (χ1n) is 8.08. The Hall–Kier alpha value is -1.56. The molecule has 4 nitrogen and oxygen atoms in total. The van der Waals surface area contributed by atoms with Crippen LogP contribution in [-0.2, 0) is 22.7 Å². The van der Waals surface area contributed by atoms with E-state index in [2.05, 4.69) is 11.9 Å². The molecule has 0 fully saturated rings. The molecular weight excluding hydrogens is 308 g/mol. The maximum Gasteiger partial charge on any atom is 0.277 e. The quantitative estimate of drug-likeness (QED) is 0.827. The molecule has 0 spiro atoms. The first kappa shape index (κ1) is 16.3. The van der Waals surface area contributed by atoms with E-state index < -0.39 is 16.3 Å². The molecule has 2 unspecified atom stereocenters. The summed E-state index contributed by atoms with van der Waals surface area (Å²) >= 11 is -1.47. The standard InChI is InChI=1S/C18H22N2O2S/c1-2-3-14-20-17-10-5-4-9-16(17)18(21,23(20)22)12-11-15-8-6-7-13-19-15/h4-10,13,21H,2-3,11-12,14H2,1H3. The highest BCUT2D eigenvalue weighted by Gasteiger charge is 2.54. The van der Waals surface area contributed by atoms with E-state index in [-0.39, 0.29) is 0 Å². The van der Waals surface area contributed by atoms with Crippen molar-refractivity contribution in [3.63, 3.8) is 0 Å². The minimum atomic E-state index is -1.47. The Labute approximate surface area is 140 Å². The molecule has 3 rings (SSSR count). The number of unbranched alkanes of at least 4 members (excludes halogenated alkanes) is 1. The minimum absolute atomic E-state index is 0.399. The Bertz CT molecular complexity index is 652. The predicted molar refractivity (Wildman–Crippen MR) is 93.3 cm³/mol. The maximum atomic E-state index is 13.0. The van der Waals surface area contributed by atoms with Crippen LogP contribution in [0.2, 0.25) is 0 Å². The third-order valence-electron chi connectivity index (χ3n) is 4.24. The van der Waals surface area contributed by atoms with Crippen molar-refractivity contribution in [2.24, 2.45) is 0 Å². The van der Waals surface area contributed by atoms with Gasteiger partial charge in [0, 0.05) is 18.3 Å². The Morgan fingerprint density at radius 2 is 2.00 bits per heavy atom. The van der Waals surface area contributed by atoms with Crippen LogP contribution in [0, 0.1) is 0 Å². The van der Waals surface area contributed by atoms with Gasteiger partial charge in [0.1, 0.15) is 11.4 Å². The van der Waals surface area contributed by atoms with E-state index >= 15 is 0 Å². The number of fused-ring (bicyclic) bond motifs is 1. The van der Waals surface area contributed by atoms with Crippen molar-refractivity contribution < 1.29 is 9.66 Å². The van der Waals surface area contributed by atoms with Crippen LogP contribution in [0.15, 0.2) is 48.7 Å². The topological polar surface area (TPSA) is 59.4 Å². The summed E-state index contributed by atoms with van der Waals surface area (Å²) in [7, 11) is 0. The zero-order valence-electron chi connectivity index (χ0n) is 13.3. The normalized spacial score (nSPS) is 23.1. The highest BCUT2D eigenvalue weighted by molar-refractivity contribution is 7.94. The fraction of sp³-hybridized carbons (Fsp3) is 0.389. The van der Waals surface area contributed by atoms with Crippen LogP contribution in [0.4, 0.5) is 5.69 Å². The Balaban J connectivity index is 1.85. The second-order valence-corrected chi connectivity index (χ2v) is 7.44. The van der Waals surface area contributed by atoms with Gasteiger partial charge in [-0.3, -0.25) is 4.98 Å². The zero-order chi connectivity index (χ0) is 16.3. The van der Waals surface area contributed by atoms with Gasteiger partial charge in [0.15, 0.2) is 0 Å². The number of para-hydroxylation sites is 1. The van der Waals surface area contributed by atoms with Gasteiger partial charge >= 0.3 is 0 Å². The van der Waals surface area contributed by atoms with Gasteiger partial charge in [-0.2, -0.15) is 4.31 Å². The fourth-order valence-corrected chi connectivity index (χ4v) is 4.59. The molecule has 1 aromatic heterocycles. The van der Waals surface area contributed by atoms with Gasteiger partial charge in [-0.05, 0) is 37.1 Å². The fourth-order valence-electron chi connectivity index (χ4n) is 2.96. The van der Waals surface area contributed by atoms with E-state index in [1.807, 2.05) is 46.8 Å². The first-order chi connectivity index (χ1) is 11.2. The maximum absolute atomic E-state index is 13.0. The van der Waals surface area contributed by atoms with Crippen LogP contribution >= 0.6 is 0 Å². The van der Waals surface area contributed by atoms with Crippen molar-refractivity contribution in [3.05, 3.63) is 59.9 Å². The Morgan fingerprint density at radius 1 is 1.22 bits per heavy atom. The van der Waals surface area contributed by atoms with Crippen molar-refractivity contribution in [2.45, 2.75) is 37.5 Å². The largest absolute Gasteiger partial charge is 0.590 e. The van der Waals surface area contributed by atoms with Crippen molar-refractivity contribution in [1.29, 1.82) is 0 Å². The van der Waals surface area contributed by atoms with Gasteiger partial charge in [0.25, 0.3) is 4.93 Å². The Morgan fingerprint density at radius 3 is 2.74 bits per heavy atom. The van der Waals surface area contributed by atoms with Crippen molar-refractivity contribution >= 4 is 17.0 Å². The number of aromatic nitrogens is 1. The van der Waals surface area contributed by atoms with Crippen LogP contribution in [-0.4, -0.2) is 21.2 Å². The number of hydrogen-bond donors (Lipinski definition) is 1. The Kier molecular flexibility index (Phi) is 4.90. The average molecular weight is 330 g/mol. The number of anilines is 1. The lowest BCUT2D eigenvalue weighted by atomic mass is 10.0. The molecule has 0 radical (unpaired) electrons. The van der Waals surface area contributed by atoms with E-state index in [9.17, 15) is 9.66 Å². The van der Waals surface area contributed by atoms with Crippen LogP contribution in [0.5, 0.6) is 0 Å². The van der Waals surface area contributed by atoms with Crippen molar-refractivity contribution in [3.8, 4) is 0 Å². The van der Waals surface area contributed by atoms with E-state index in [1.165, 1.54) is 0 Å². The molecule has 23 heavy (non-hydrogen) atoms. The molecule has 1 aliphatic rings. The molecule has 0 aliphatic carbocycles. The van der Waals surface area contributed by atoms with E-state index in [0.29, 0.717) is 19.4 Å². The SMILES string of the molecule is CCCCN1c2ccccc2C(O)(CCc2ccccn2)[S+]1[O-]. The van der Waals surface area contributed by atoms with Gasteiger partial charge in [-0.1, -0.05) is 31.5 Å². The molecule has 0 saturated carbocycles. The number of benzene rings is 1. The molecule has 2 heterocycles. The van der Waals surface area contributed by atoms with E-state index in [0.717, 1.165) is 29.8 Å². The molecule has 0 bridgehead atoms.